The number of carbonyl (C=O) groups is 1. The van der Waals surface area contributed by atoms with Crippen LogP contribution in [0.3, 0.4) is 0 Å². The van der Waals surface area contributed by atoms with Gasteiger partial charge in [0.1, 0.15) is 4.90 Å². The van der Waals surface area contributed by atoms with Gasteiger partial charge in [-0.1, -0.05) is 6.42 Å². The number of hydrogen-bond acceptors (Lipinski definition) is 5. The van der Waals surface area contributed by atoms with E-state index in [9.17, 15) is 13.2 Å². The molecule has 2 atom stereocenters. The zero-order valence-corrected chi connectivity index (χ0v) is 14.5. The third-order valence-corrected chi connectivity index (χ3v) is 6.90. The van der Waals surface area contributed by atoms with E-state index >= 15 is 0 Å². The van der Waals surface area contributed by atoms with Crippen LogP contribution in [0.2, 0.25) is 0 Å². The quantitative estimate of drug-likeness (QED) is 0.848. The number of carbonyl (C=O) groups excluding carboxylic acids is 1. The van der Waals surface area contributed by atoms with Crippen LogP contribution < -0.4 is 5.73 Å². The van der Waals surface area contributed by atoms with Crippen LogP contribution in [0, 0.1) is 5.92 Å². The van der Waals surface area contributed by atoms with Crippen molar-refractivity contribution in [2.24, 2.45) is 11.7 Å². The van der Waals surface area contributed by atoms with E-state index in [1.807, 2.05) is 0 Å². The zero-order valence-electron chi connectivity index (χ0n) is 13.7. The number of piperazine rings is 1. The monoisotopic (exact) mass is 352 g/mol. The fourth-order valence-corrected chi connectivity index (χ4v) is 4.89. The average Bonchev–Trinajstić information content (AvgIpc) is 3.00. The van der Waals surface area contributed by atoms with Crippen LogP contribution in [0.15, 0.2) is 29.4 Å². The van der Waals surface area contributed by atoms with Gasteiger partial charge in [-0.05, 0) is 30.9 Å². The molecule has 2 fully saturated rings. The van der Waals surface area contributed by atoms with E-state index in [2.05, 4.69) is 4.98 Å². The molecule has 2 aliphatic rings. The van der Waals surface area contributed by atoms with Crippen molar-refractivity contribution in [3.8, 4) is 0 Å². The van der Waals surface area contributed by atoms with Gasteiger partial charge in [0.2, 0.25) is 15.9 Å². The van der Waals surface area contributed by atoms with Crippen LogP contribution in [-0.4, -0.2) is 60.7 Å². The first-order valence-corrected chi connectivity index (χ1v) is 9.86. The summed E-state index contributed by atoms with van der Waals surface area (Å²) in [6.07, 6.45) is 6.49. The van der Waals surface area contributed by atoms with Gasteiger partial charge in [-0.25, -0.2) is 8.42 Å². The molecule has 1 aromatic heterocycles. The van der Waals surface area contributed by atoms with Gasteiger partial charge in [0.15, 0.2) is 0 Å². The molecule has 1 aromatic rings. The predicted molar refractivity (Wildman–Crippen MR) is 89.5 cm³/mol. The van der Waals surface area contributed by atoms with Crippen LogP contribution in [0.1, 0.15) is 25.7 Å². The van der Waals surface area contributed by atoms with Crippen molar-refractivity contribution in [2.45, 2.75) is 36.6 Å². The molecular weight excluding hydrogens is 328 g/mol. The molecule has 24 heavy (non-hydrogen) atoms. The van der Waals surface area contributed by atoms with Crippen LogP contribution in [-0.2, 0) is 14.8 Å². The molecule has 1 amide bonds. The van der Waals surface area contributed by atoms with E-state index in [0.717, 1.165) is 19.3 Å². The van der Waals surface area contributed by atoms with Gasteiger partial charge in [-0.15, -0.1) is 0 Å². The zero-order chi connectivity index (χ0) is 17.2. The lowest BCUT2D eigenvalue weighted by molar-refractivity contribution is -0.133. The minimum Gasteiger partial charge on any atom is -0.340 e. The van der Waals surface area contributed by atoms with Crippen molar-refractivity contribution < 1.29 is 13.2 Å². The second kappa shape index (κ2) is 7.16. The van der Waals surface area contributed by atoms with Gasteiger partial charge in [0.05, 0.1) is 0 Å². The summed E-state index contributed by atoms with van der Waals surface area (Å²) in [4.78, 5) is 18.2. The minimum absolute atomic E-state index is 0.0933. The lowest BCUT2D eigenvalue weighted by Crippen LogP contribution is -2.51. The number of hydrogen-bond donors (Lipinski definition) is 1. The molecule has 132 valence electrons. The highest BCUT2D eigenvalue weighted by Gasteiger charge is 2.32. The highest BCUT2D eigenvalue weighted by atomic mass is 32.2. The van der Waals surface area contributed by atoms with Crippen LogP contribution in [0.25, 0.3) is 0 Å². The molecule has 1 saturated heterocycles. The molecule has 1 aliphatic heterocycles. The highest BCUT2D eigenvalue weighted by molar-refractivity contribution is 7.89. The second-order valence-corrected chi connectivity index (χ2v) is 8.47. The molecule has 7 nitrogen and oxygen atoms in total. The van der Waals surface area contributed by atoms with Crippen molar-refractivity contribution >= 4 is 15.9 Å². The Balaban J connectivity index is 1.56. The van der Waals surface area contributed by atoms with Crippen molar-refractivity contribution in [1.82, 2.24) is 14.2 Å². The molecular formula is C16H24N4O3S. The Morgan fingerprint density at radius 3 is 2.58 bits per heavy atom. The number of nitrogens with two attached hydrogens (primary N) is 1. The first-order chi connectivity index (χ1) is 11.5. The summed E-state index contributed by atoms with van der Waals surface area (Å²) in [7, 11) is -3.53. The number of pyridine rings is 1. The van der Waals surface area contributed by atoms with Gasteiger partial charge in [0.25, 0.3) is 0 Å². The van der Waals surface area contributed by atoms with Gasteiger partial charge in [-0.2, -0.15) is 4.31 Å². The molecule has 1 aliphatic carbocycles. The number of sulfonamides is 1. The predicted octanol–water partition coefficient (Wildman–Crippen LogP) is 0.432. The highest BCUT2D eigenvalue weighted by Crippen LogP contribution is 2.27. The SMILES string of the molecule is N[C@@H]1CCC[C@H]1CC(=O)N1CCN(S(=O)(=O)c2cccnc2)CC1. The fourth-order valence-electron chi connectivity index (χ4n) is 3.50. The Morgan fingerprint density at radius 1 is 1.25 bits per heavy atom. The largest absolute Gasteiger partial charge is 0.340 e. The molecule has 2 N–H and O–H groups in total. The maximum atomic E-state index is 12.6. The smallest absolute Gasteiger partial charge is 0.244 e. The molecule has 0 spiro atoms. The Morgan fingerprint density at radius 2 is 2.00 bits per heavy atom. The molecule has 3 rings (SSSR count). The third-order valence-electron chi connectivity index (χ3n) is 5.02. The standard InChI is InChI=1S/C16H24N4O3S/c17-15-5-1-3-13(15)11-16(21)19-7-9-20(10-8-19)24(22,23)14-4-2-6-18-12-14/h2,4,6,12-13,15H,1,3,5,7-11,17H2/t13-,15+/m0/s1. The fraction of sp³-hybridized carbons (Fsp3) is 0.625. The van der Waals surface area contributed by atoms with Crippen molar-refractivity contribution in [3.05, 3.63) is 24.5 Å². The van der Waals surface area contributed by atoms with Gasteiger partial charge >= 0.3 is 0 Å². The van der Waals surface area contributed by atoms with E-state index in [1.54, 1.807) is 23.2 Å². The van der Waals surface area contributed by atoms with Crippen LogP contribution in [0.5, 0.6) is 0 Å². The van der Waals surface area contributed by atoms with Gasteiger partial charge < -0.3 is 10.6 Å². The van der Waals surface area contributed by atoms with Crippen molar-refractivity contribution in [2.75, 3.05) is 26.2 Å². The lowest BCUT2D eigenvalue weighted by Gasteiger charge is -2.34. The first-order valence-electron chi connectivity index (χ1n) is 8.42. The maximum Gasteiger partial charge on any atom is 0.244 e. The lowest BCUT2D eigenvalue weighted by atomic mass is 9.99. The minimum atomic E-state index is -3.53. The molecule has 0 radical (unpaired) electrons. The number of nitrogens with zero attached hydrogens (tertiary/aromatic N) is 3. The maximum absolute atomic E-state index is 12.6. The third kappa shape index (κ3) is 3.60. The van der Waals surface area contributed by atoms with Gasteiger partial charge in [-0.3, -0.25) is 9.78 Å². The number of amides is 1. The molecule has 0 bridgehead atoms. The topological polar surface area (TPSA) is 96.6 Å². The Bertz CT molecular complexity index is 672. The normalized spacial score (nSPS) is 25.8. The van der Waals surface area contributed by atoms with E-state index in [-0.39, 0.29) is 22.8 Å². The van der Waals surface area contributed by atoms with Crippen molar-refractivity contribution in [1.29, 1.82) is 0 Å². The Kier molecular flexibility index (Phi) is 5.17. The Labute approximate surface area is 142 Å². The second-order valence-electron chi connectivity index (χ2n) is 6.53. The number of aromatic nitrogens is 1. The van der Waals surface area contributed by atoms with E-state index in [1.165, 1.54) is 10.5 Å². The summed E-state index contributed by atoms with van der Waals surface area (Å²) >= 11 is 0. The molecule has 1 saturated carbocycles. The van der Waals surface area contributed by atoms with E-state index in [4.69, 9.17) is 5.73 Å². The summed E-state index contributed by atoms with van der Waals surface area (Å²) in [5.41, 5.74) is 6.04. The average molecular weight is 352 g/mol. The number of rotatable bonds is 4. The summed E-state index contributed by atoms with van der Waals surface area (Å²) in [5.74, 6) is 0.366. The van der Waals surface area contributed by atoms with Crippen molar-refractivity contribution in [3.63, 3.8) is 0 Å². The van der Waals surface area contributed by atoms with Crippen LogP contribution in [0.4, 0.5) is 0 Å². The van der Waals surface area contributed by atoms with Crippen LogP contribution >= 0.6 is 0 Å². The molecule has 0 aromatic carbocycles. The summed E-state index contributed by atoms with van der Waals surface area (Å²) in [6.45, 7) is 1.50. The first kappa shape index (κ1) is 17.3. The van der Waals surface area contributed by atoms with E-state index < -0.39 is 10.0 Å². The summed E-state index contributed by atoms with van der Waals surface area (Å²) in [6, 6.07) is 3.28. The Hall–Kier alpha value is -1.51. The van der Waals surface area contributed by atoms with Gasteiger partial charge in [0, 0.05) is 51.0 Å². The molecule has 8 heteroatoms. The van der Waals surface area contributed by atoms with E-state index in [0.29, 0.717) is 32.6 Å². The summed E-state index contributed by atoms with van der Waals surface area (Å²) < 4.78 is 26.5. The molecule has 0 unspecified atom stereocenters. The summed E-state index contributed by atoms with van der Waals surface area (Å²) in [5, 5.41) is 0. The molecule has 2 heterocycles.